The first-order valence-corrected chi connectivity index (χ1v) is 9.45. The topological polar surface area (TPSA) is 87.1 Å². The van der Waals surface area contributed by atoms with Crippen molar-refractivity contribution in [2.24, 2.45) is 0 Å². The molecule has 0 bridgehead atoms. The number of aryl methyl sites for hydroxylation is 1. The van der Waals surface area contributed by atoms with Crippen molar-refractivity contribution in [3.05, 3.63) is 96.3 Å². The van der Waals surface area contributed by atoms with Crippen LogP contribution in [-0.4, -0.2) is 21.0 Å². The number of carbonyl (C=O) groups excluding carboxylic acids is 1. The minimum absolute atomic E-state index is 0.0940. The van der Waals surface area contributed by atoms with Crippen LogP contribution in [0.15, 0.2) is 84.9 Å². The molecule has 1 heterocycles. The number of amides is 1. The van der Waals surface area contributed by atoms with Crippen LogP contribution in [0.3, 0.4) is 0 Å². The normalized spacial score (nSPS) is 10.4. The Morgan fingerprint density at radius 1 is 0.833 bits per heavy atom. The van der Waals surface area contributed by atoms with E-state index >= 15 is 0 Å². The zero-order chi connectivity index (χ0) is 20.9. The van der Waals surface area contributed by atoms with Crippen LogP contribution in [0.25, 0.3) is 11.3 Å². The lowest BCUT2D eigenvalue weighted by Crippen LogP contribution is -2.12. The number of aromatic hydroxyl groups is 1. The van der Waals surface area contributed by atoms with Crippen molar-refractivity contribution < 1.29 is 9.90 Å². The average molecular weight is 396 g/mol. The zero-order valence-electron chi connectivity index (χ0n) is 16.3. The van der Waals surface area contributed by atoms with Crippen LogP contribution in [0.1, 0.15) is 16.2 Å². The maximum atomic E-state index is 12.6. The molecular formula is C24H20N4O2. The highest BCUT2D eigenvalue weighted by Gasteiger charge is 2.09. The van der Waals surface area contributed by atoms with Crippen LogP contribution in [0.2, 0.25) is 0 Å². The van der Waals surface area contributed by atoms with Gasteiger partial charge in [0, 0.05) is 34.6 Å². The maximum absolute atomic E-state index is 12.6. The summed E-state index contributed by atoms with van der Waals surface area (Å²) in [4.78, 5) is 21.5. The van der Waals surface area contributed by atoms with Gasteiger partial charge in [0.05, 0.1) is 5.69 Å². The Kier molecular flexibility index (Phi) is 5.39. The van der Waals surface area contributed by atoms with E-state index in [1.165, 1.54) is 6.07 Å². The molecule has 0 aliphatic heterocycles. The number of nitrogens with zero attached hydrogens (tertiary/aromatic N) is 2. The first kappa shape index (κ1) is 19.1. The van der Waals surface area contributed by atoms with Crippen molar-refractivity contribution >= 4 is 23.1 Å². The van der Waals surface area contributed by atoms with Crippen molar-refractivity contribution in [3.8, 4) is 17.0 Å². The first-order chi connectivity index (χ1) is 14.6. The molecule has 0 saturated heterocycles. The van der Waals surface area contributed by atoms with Gasteiger partial charge in [0.2, 0.25) is 0 Å². The highest BCUT2D eigenvalue weighted by atomic mass is 16.3. The highest BCUT2D eigenvalue weighted by Crippen LogP contribution is 2.23. The second-order valence-electron chi connectivity index (χ2n) is 6.76. The molecule has 0 radical (unpaired) electrons. The molecular weight excluding hydrogens is 376 g/mol. The van der Waals surface area contributed by atoms with Crippen molar-refractivity contribution in [1.82, 2.24) is 9.97 Å². The molecule has 0 unspecified atom stereocenters. The molecule has 1 amide bonds. The molecule has 30 heavy (non-hydrogen) atoms. The molecule has 148 valence electrons. The Balaban J connectivity index is 1.55. The number of nitrogens with one attached hydrogen (secondary N) is 2. The van der Waals surface area contributed by atoms with Crippen molar-refractivity contribution in [2.75, 3.05) is 10.6 Å². The number of carbonyl (C=O) groups is 1. The van der Waals surface area contributed by atoms with Crippen molar-refractivity contribution in [3.63, 3.8) is 0 Å². The lowest BCUT2D eigenvalue weighted by atomic mass is 10.1. The molecule has 0 aliphatic rings. The number of rotatable bonds is 5. The van der Waals surface area contributed by atoms with Crippen LogP contribution in [0, 0.1) is 6.92 Å². The van der Waals surface area contributed by atoms with Gasteiger partial charge in [-0.05, 0) is 37.3 Å². The van der Waals surface area contributed by atoms with E-state index in [-0.39, 0.29) is 11.7 Å². The average Bonchev–Trinajstić information content (AvgIpc) is 2.74. The van der Waals surface area contributed by atoms with E-state index in [4.69, 9.17) is 0 Å². The Hall–Kier alpha value is -4.19. The van der Waals surface area contributed by atoms with Crippen LogP contribution in [0.5, 0.6) is 5.75 Å². The van der Waals surface area contributed by atoms with Gasteiger partial charge >= 0.3 is 0 Å². The lowest BCUT2D eigenvalue weighted by molar-refractivity contribution is 0.102. The van der Waals surface area contributed by atoms with Gasteiger partial charge < -0.3 is 15.7 Å². The quantitative estimate of drug-likeness (QED) is 0.434. The van der Waals surface area contributed by atoms with Gasteiger partial charge in [-0.2, -0.15) is 0 Å². The second-order valence-corrected chi connectivity index (χ2v) is 6.76. The Morgan fingerprint density at radius 3 is 2.40 bits per heavy atom. The minimum atomic E-state index is -0.270. The summed E-state index contributed by atoms with van der Waals surface area (Å²) in [5.41, 5.74) is 3.57. The number of hydrogen-bond donors (Lipinski definition) is 3. The van der Waals surface area contributed by atoms with E-state index < -0.39 is 0 Å². The van der Waals surface area contributed by atoms with Gasteiger partial charge in [0.25, 0.3) is 5.91 Å². The summed E-state index contributed by atoms with van der Waals surface area (Å²) in [5.74, 6) is 1.12. The monoisotopic (exact) mass is 396 g/mol. The minimum Gasteiger partial charge on any atom is -0.508 e. The smallest absolute Gasteiger partial charge is 0.255 e. The van der Waals surface area contributed by atoms with E-state index in [0.717, 1.165) is 16.9 Å². The van der Waals surface area contributed by atoms with Gasteiger partial charge in [-0.15, -0.1) is 0 Å². The standard InChI is InChI=1S/C24H20N4O2/c1-16-25-22(17-7-3-2-4-8-17)15-23(26-16)27-19-10-5-9-18(13-19)24(30)28-20-11-6-12-21(29)14-20/h2-15,29H,1H3,(H,28,30)(H,25,26,27). The fourth-order valence-electron chi connectivity index (χ4n) is 3.06. The summed E-state index contributed by atoms with van der Waals surface area (Å²) in [6.45, 7) is 1.84. The van der Waals surface area contributed by atoms with Gasteiger partial charge in [0.1, 0.15) is 17.4 Å². The van der Waals surface area contributed by atoms with Crippen LogP contribution >= 0.6 is 0 Å². The molecule has 0 atom stereocenters. The van der Waals surface area contributed by atoms with E-state index in [1.807, 2.05) is 49.4 Å². The molecule has 6 nitrogen and oxygen atoms in total. The Bertz CT molecular complexity index is 1190. The van der Waals surface area contributed by atoms with Crippen LogP contribution in [0.4, 0.5) is 17.2 Å². The predicted molar refractivity (Wildman–Crippen MR) is 118 cm³/mol. The van der Waals surface area contributed by atoms with Crippen LogP contribution in [-0.2, 0) is 0 Å². The molecule has 0 aliphatic carbocycles. The SMILES string of the molecule is Cc1nc(Nc2cccc(C(=O)Nc3cccc(O)c3)c2)cc(-c2ccccc2)n1. The summed E-state index contributed by atoms with van der Waals surface area (Å²) < 4.78 is 0. The number of phenolic OH excluding ortho intramolecular Hbond substituents is 1. The Morgan fingerprint density at radius 2 is 1.60 bits per heavy atom. The third kappa shape index (κ3) is 4.62. The number of aromatic nitrogens is 2. The largest absolute Gasteiger partial charge is 0.508 e. The third-order valence-corrected chi connectivity index (χ3v) is 4.41. The summed E-state index contributed by atoms with van der Waals surface area (Å²) >= 11 is 0. The lowest BCUT2D eigenvalue weighted by Gasteiger charge is -2.11. The summed E-state index contributed by atoms with van der Waals surface area (Å²) in [5, 5.41) is 15.6. The molecule has 6 heteroatoms. The molecule has 3 N–H and O–H groups in total. The molecule has 3 aromatic carbocycles. The molecule has 0 saturated carbocycles. The number of hydrogen-bond acceptors (Lipinski definition) is 5. The predicted octanol–water partition coefficient (Wildman–Crippen LogP) is 5.15. The van der Waals surface area contributed by atoms with Gasteiger partial charge in [-0.25, -0.2) is 9.97 Å². The zero-order valence-corrected chi connectivity index (χ0v) is 16.3. The van der Waals surface area contributed by atoms with Crippen molar-refractivity contribution in [2.45, 2.75) is 6.92 Å². The van der Waals surface area contributed by atoms with E-state index in [1.54, 1.807) is 36.4 Å². The van der Waals surface area contributed by atoms with Crippen molar-refractivity contribution in [1.29, 1.82) is 0 Å². The van der Waals surface area contributed by atoms with Crippen LogP contribution < -0.4 is 10.6 Å². The summed E-state index contributed by atoms with van der Waals surface area (Å²) in [6.07, 6.45) is 0. The molecule has 0 fully saturated rings. The summed E-state index contributed by atoms with van der Waals surface area (Å²) in [7, 11) is 0. The van der Waals surface area contributed by atoms with E-state index in [2.05, 4.69) is 20.6 Å². The fourth-order valence-corrected chi connectivity index (χ4v) is 3.06. The fraction of sp³-hybridized carbons (Fsp3) is 0.0417. The molecule has 4 rings (SSSR count). The second kappa shape index (κ2) is 8.45. The van der Waals surface area contributed by atoms with Gasteiger partial charge in [-0.1, -0.05) is 42.5 Å². The van der Waals surface area contributed by atoms with E-state index in [0.29, 0.717) is 22.9 Å². The van der Waals surface area contributed by atoms with Gasteiger partial charge in [0.15, 0.2) is 0 Å². The molecule has 1 aromatic heterocycles. The summed E-state index contributed by atoms with van der Waals surface area (Å²) in [6, 6.07) is 25.3. The number of anilines is 3. The third-order valence-electron chi connectivity index (χ3n) is 4.41. The first-order valence-electron chi connectivity index (χ1n) is 9.45. The number of benzene rings is 3. The highest BCUT2D eigenvalue weighted by molar-refractivity contribution is 6.05. The molecule has 0 spiro atoms. The Labute approximate surface area is 174 Å². The number of phenols is 1. The molecule has 4 aromatic rings. The van der Waals surface area contributed by atoms with E-state index in [9.17, 15) is 9.90 Å². The maximum Gasteiger partial charge on any atom is 0.255 e. The van der Waals surface area contributed by atoms with Gasteiger partial charge in [-0.3, -0.25) is 4.79 Å².